The molecule has 25 heavy (non-hydrogen) atoms. The molecule has 0 aliphatic rings. The van der Waals surface area contributed by atoms with E-state index in [2.05, 4.69) is 17.6 Å². The smallest absolute Gasteiger partial charge is 0.238 e. The molecule has 0 heterocycles. The summed E-state index contributed by atoms with van der Waals surface area (Å²) in [6.45, 7) is 2.29. The van der Waals surface area contributed by atoms with Crippen LogP contribution in [-0.4, -0.2) is 36.9 Å². The number of benzene rings is 2. The van der Waals surface area contributed by atoms with Crippen molar-refractivity contribution in [2.45, 2.75) is 13.3 Å². The predicted octanol–water partition coefficient (Wildman–Crippen LogP) is 3.41. The molecule has 2 rings (SSSR count). The van der Waals surface area contributed by atoms with E-state index in [4.69, 9.17) is 11.6 Å². The first-order valence-electron chi connectivity index (χ1n) is 8.09. The standard InChI is InChI=1S/C19H22ClN3O2/c1-3-14-6-4-8-16(10-14)21-18(24)12-23(2)13-19(25)22-17-9-5-7-15(20)11-17/h4-11H,3,12-13H2,1-2H3,(H,21,24)(H,22,25). The number of amides is 2. The van der Waals surface area contributed by atoms with Crippen LogP contribution in [0.1, 0.15) is 12.5 Å². The summed E-state index contributed by atoms with van der Waals surface area (Å²) in [6, 6.07) is 14.7. The summed E-state index contributed by atoms with van der Waals surface area (Å²) >= 11 is 5.89. The van der Waals surface area contributed by atoms with Gasteiger partial charge in [0, 0.05) is 16.4 Å². The molecule has 2 N–H and O–H groups in total. The zero-order valence-corrected chi connectivity index (χ0v) is 15.1. The number of carbonyl (C=O) groups excluding carboxylic acids is 2. The normalized spacial score (nSPS) is 10.6. The SMILES string of the molecule is CCc1cccc(NC(=O)CN(C)CC(=O)Nc2cccc(Cl)c2)c1. The lowest BCUT2D eigenvalue weighted by Gasteiger charge is -2.16. The highest BCUT2D eigenvalue weighted by molar-refractivity contribution is 6.30. The lowest BCUT2D eigenvalue weighted by atomic mass is 10.1. The molecule has 0 unspecified atom stereocenters. The van der Waals surface area contributed by atoms with Crippen molar-refractivity contribution in [3.05, 3.63) is 59.1 Å². The summed E-state index contributed by atoms with van der Waals surface area (Å²) < 4.78 is 0. The summed E-state index contributed by atoms with van der Waals surface area (Å²) in [5.41, 5.74) is 2.56. The van der Waals surface area contributed by atoms with Crippen LogP contribution in [0.15, 0.2) is 48.5 Å². The van der Waals surface area contributed by atoms with Crippen LogP contribution >= 0.6 is 11.6 Å². The second-order valence-corrected chi connectivity index (χ2v) is 6.27. The van der Waals surface area contributed by atoms with Crippen LogP contribution in [0.2, 0.25) is 5.02 Å². The number of anilines is 2. The summed E-state index contributed by atoms with van der Waals surface area (Å²) in [5, 5.41) is 6.16. The van der Waals surface area contributed by atoms with Gasteiger partial charge in [0.25, 0.3) is 0 Å². The van der Waals surface area contributed by atoms with Crippen LogP contribution in [-0.2, 0) is 16.0 Å². The van der Waals surface area contributed by atoms with Gasteiger partial charge in [0.1, 0.15) is 0 Å². The second-order valence-electron chi connectivity index (χ2n) is 5.83. The fourth-order valence-corrected chi connectivity index (χ4v) is 2.57. The first-order chi connectivity index (χ1) is 12.0. The van der Waals surface area contributed by atoms with Crippen molar-refractivity contribution in [1.82, 2.24) is 4.90 Å². The summed E-state index contributed by atoms with van der Waals surface area (Å²) in [5.74, 6) is -0.364. The monoisotopic (exact) mass is 359 g/mol. The molecule has 0 spiro atoms. The molecule has 0 saturated heterocycles. The average Bonchev–Trinajstić information content (AvgIpc) is 2.54. The molecule has 0 atom stereocenters. The molecular weight excluding hydrogens is 338 g/mol. The van der Waals surface area contributed by atoms with Gasteiger partial charge in [-0.15, -0.1) is 0 Å². The number of carbonyl (C=O) groups is 2. The zero-order chi connectivity index (χ0) is 18.2. The van der Waals surface area contributed by atoms with E-state index in [1.165, 1.54) is 0 Å². The van der Waals surface area contributed by atoms with Crippen LogP contribution in [0.3, 0.4) is 0 Å². The third-order valence-electron chi connectivity index (χ3n) is 3.55. The molecule has 6 heteroatoms. The van der Waals surface area contributed by atoms with E-state index in [9.17, 15) is 9.59 Å². The van der Waals surface area contributed by atoms with Gasteiger partial charge in [-0.1, -0.05) is 36.7 Å². The Kier molecular flexibility index (Phi) is 6.98. The zero-order valence-electron chi connectivity index (χ0n) is 14.4. The first kappa shape index (κ1) is 19.0. The number of nitrogens with one attached hydrogen (secondary N) is 2. The van der Waals surface area contributed by atoms with Crippen molar-refractivity contribution < 1.29 is 9.59 Å². The summed E-state index contributed by atoms with van der Waals surface area (Å²) in [4.78, 5) is 25.8. The van der Waals surface area contributed by atoms with Gasteiger partial charge in [-0.2, -0.15) is 0 Å². The molecule has 0 aliphatic carbocycles. The van der Waals surface area contributed by atoms with Crippen molar-refractivity contribution in [2.75, 3.05) is 30.8 Å². The van der Waals surface area contributed by atoms with E-state index in [-0.39, 0.29) is 24.9 Å². The molecule has 132 valence electrons. The topological polar surface area (TPSA) is 61.4 Å². The number of halogens is 1. The molecule has 2 aromatic carbocycles. The number of rotatable bonds is 7. The van der Waals surface area contributed by atoms with Crippen LogP contribution < -0.4 is 10.6 Å². The van der Waals surface area contributed by atoms with E-state index >= 15 is 0 Å². The Morgan fingerprint density at radius 2 is 1.52 bits per heavy atom. The predicted molar refractivity (Wildman–Crippen MR) is 102 cm³/mol. The number of hydrogen-bond acceptors (Lipinski definition) is 3. The Morgan fingerprint density at radius 1 is 0.960 bits per heavy atom. The minimum atomic E-state index is -0.203. The Balaban J connectivity index is 1.81. The fraction of sp³-hybridized carbons (Fsp3) is 0.263. The average molecular weight is 360 g/mol. The van der Waals surface area contributed by atoms with Gasteiger partial charge in [0.2, 0.25) is 11.8 Å². The number of likely N-dealkylation sites (N-methyl/N-ethyl adjacent to an activating group) is 1. The summed E-state index contributed by atoms with van der Waals surface area (Å²) in [7, 11) is 1.72. The highest BCUT2D eigenvalue weighted by atomic mass is 35.5. The van der Waals surface area contributed by atoms with Crippen molar-refractivity contribution in [3.8, 4) is 0 Å². The molecule has 0 fully saturated rings. The van der Waals surface area contributed by atoms with E-state index in [1.54, 1.807) is 36.2 Å². The maximum Gasteiger partial charge on any atom is 0.238 e. The highest BCUT2D eigenvalue weighted by Crippen LogP contribution is 2.15. The minimum absolute atomic E-state index is 0.106. The Morgan fingerprint density at radius 3 is 2.08 bits per heavy atom. The van der Waals surface area contributed by atoms with Gasteiger partial charge in [-0.05, 0) is 49.4 Å². The molecule has 0 aromatic heterocycles. The third kappa shape index (κ3) is 6.57. The van der Waals surface area contributed by atoms with Gasteiger partial charge in [-0.3, -0.25) is 14.5 Å². The van der Waals surface area contributed by atoms with Crippen molar-refractivity contribution >= 4 is 34.8 Å². The molecule has 5 nitrogen and oxygen atoms in total. The molecule has 2 amide bonds. The quantitative estimate of drug-likeness (QED) is 0.796. The fourth-order valence-electron chi connectivity index (χ4n) is 2.38. The van der Waals surface area contributed by atoms with Gasteiger partial charge in [0.15, 0.2) is 0 Å². The van der Waals surface area contributed by atoms with Crippen molar-refractivity contribution in [3.63, 3.8) is 0 Å². The summed E-state index contributed by atoms with van der Waals surface area (Å²) in [6.07, 6.45) is 0.910. The van der Waals surface area contributed by atoms with Gasteiger partial charge in [0.05, 0.1) is 13.1 Å². The first-order valence-corrected chi connectivity index (χ1v) is 8.47. The third-order valence-corrected chi connectivity index (χ3v) is 3.79. The number of aryl methyl sites for hydroxylation is 1. The second kappa shape index (κ2) is 9.20. The molecule has 0 saturated carbocycles. The van der Waals surface area contributed by atoms with Crippen molar-refractivity contribution in [2.24, 2.45) is 0 Å². The van der Waals surface area contributed by atoms with Crippen LogP contribution in [0.25, 0.3) is 0 Å². The molecule has 0 bridgehead atoms. The molecule has 0 radical (unpaired) electrons. The van der Waals surface area contributed by atoms with E-state index in [1.807, 2.05) is 24.3 Å². The van der Waals surface area contributed by atoms with Crippen LogP contribution in [0.4, 0.5) is 11.4 Å². The van der Waals surface area contributed by atoms with Crippen molar-refractivity contribution in [1.29, 1.82) is 0 Å². The Hall–Kier alpha value is -2.37. The van der Waals surface area contributed by atoms with Crippen LogP contribution in [0, 0.1) is 0 Å². The van der Waals surface area contributed by atoms with Gasteiger partial charge in [-0.25, -0.2) is 0 Å². The molecule has 2 aromatic rings. The van der Waals surface area contributed by atoms with E-state index in [0.29, 0.717) is 10.7 Å². The highest BCUT2D eigenvalue weighted by Gasteiger charge is 2.11. The maximum absolute atomic E-state index is 12.1. The minimum Gasteiger partial charge on any atom is -0.325 e. The lowest BCUT2D eigenvalue weighted by molar-refractivity contribution is -0.119. The van der Waals surface area contributed by atoms with E-state index < -0.39 is 0 Å². The lowest BCUT2D eigenvalue weighted by Crippen LogP contribution is -2.36. The number of hydrogen-bond donors (Lipinski definition) is 2. The van der Waals surface area contributed by atoms with Gasteiger partial charge >= 0.3 is 0 Å². The Bertz CT molecular complexity index is 749. The molecule has 0 aliphatic heterocycles. The largest absolute Gasteiger partial charge is 0.325 e. The maximum atomic E-state index is 12.1. The Labute approximate surface area is 153 Å². The van der Waals surface area contributed by atoms with Gasteiger partial charge < -0.3 is 10.6 Å². The van der Waals surface area contributed by atoms with Crippen LogP contribution in [0.5, 0.6) is 0 Å². The van der Waals surface area contributed by atoms with E-state index in [0.717, 1.165) is 17.7 Å². The molecular formula is C19H22ClN3O2. The number of nitrogens with zero attached hydrogens (tertiary/aromatic N) is 1.